The van der Waals surface area contributed by atoms with Crippen molar-refractivity contribution in [2.75, 3.05) is 0 Å². The van der Waals surface area contributed by atoms with Crippen LogP contribution >= 0.6 is 0 Å². The number of carbonyl (C=O) groups excluding carboxylic acids is 2. The third kappa shape index (κ3) is 2.16. The number of hydrogen-bond acceptors (Lipinski definition) is 2. The average Bonchev–Trinajstić information content (AvgIpc) is 2.94. The molecule has 0 aromatic heterocycles. The Bertz CT molecular complexity index is 750. The Kier molecular flexibility index (Phi) is 4.12. The molecule has 5 aliphatic rings. The van der Waals surface area contributed by atoms with Crippen LogP contribution in [0, 0.1) is 45.8 Å². The maximum Gasteiger partial charge on any atom is 0.155 e. The van der Waals surface area contributed by atoms with E-state index in [4.69, 9.17) is 0 Å². The number of carbonyl (C=O) groups is 2. The monoisotopic (exact) mass is 382 g/mol. The van der Waals surface area contributed by atoms with Gasteiger partial charge in [-0.3, -0.25) is 9.59 Å². The standard InChI is InChI=1S/C26H38O2/c1-16-13-20-21(24(3)11-8-19(28)15-22(16)24)9-12-25(4)23(20)14-18-7-5-6-10-26(18,25)17(2)27/h15-16,18,20-21,23H,5-14H2,1-4H3/t16-,18+,20+,21-,23-,24+,25-,26-/m0/s1. The number of fused-ring (bicyclic) bond motifs is 7. The van der Waals surface area contributed by atoms with Crippen molar-refractivity contribution in [3.05, 3.63) is 11.6 Å². The zero-order valence-electron chi connectivity index (χ0n) is 18.4. The van der Waals surface area contributed by atoms with Gasteiger partial charge in [-0.25, -0.2) is 0 Å². The minimum Gasteiger partial charge on any atom is -0.299 e. The molecule has 0 unspecified atom stereocenters. The van der Waals surface area contributed by atoms with Gasteiger partial charge in [-0.1, -0.05) is 39.2 Å². The lowest BCUT2D eigenvalue weighted by Gasteiger charge is -2.61. The predicted octanol–water partition coefficient (Wildman–Crippen LogP) is 6.14. The lowest BCUT2D eigenvalue weighted by Crippen LogP contribution is -2.56. The first-order valence-corrected chi connectivity index (χ1v) is 12.0. The maximum absolute atomic E-state index is 13.2. The van der Waals surface area contributed by atoms with Gasteiger partial charge in [0.25, 0.3) is 0 Å². The second kappa shape index (κ2) is 6.05. The second-order valence-corrected chi connectivity index (χ2v) is 11.7. The summed E-state index contributed by atoms with van der Waals surface area (Å²) >= 11 is 0. The lowest BCUT2D eigenvalue weighted by atomic mass is 9.43. The van der Waals surface area contributed by atoms with Crippen molar-refractivity contribution in [1.82, 2.24) is 0 Å². The van der Waals surface area contributed by atoms with E-state index in [-0.39, 0.29) is 16.2 Å². The molecular weight excluding hydrogens is 344 g/mol. The molecule has 8 atom stereocenters. The van der Waals surface area contributed by atoms with E-state index in [2.05, 4.69) is 20.8 Å². The van der Waals surface area contributed by atoms with Crippen molar-refractivity contribution in [3.8, 4) is 0 Å². The number of ketones is 2. The van der Waals surface area contributed by atoms with Gasteiger partial charge in [0.15, 0.2) is 5.78 Å². The summed E-state index contributed by atoms with van der Waals surface area (Å²) in [7, 11) is 0. The summed E-state index contributed by atoms with van der Waals surface area (Å²) in [6.07, 6.45) is 13.8. The number of hydrogen-bond donors (Lipinski definition) is 0. The summed E-state index contributed by atoms with van der Waals surface area (Å²) in [5.74, 6) is 4.16. The summed E-state index contributed by atoms with van der Waals surface area (Å²) in [4.78, 5) is 25.3. The average molecular weight is 383 g/mol. The molecule has 0 aromatic carbocycles. The summed E-state index contributed by atoms with van der Waals surface area (Å²) in [6, 6.07) is 0. The highest BCUT2D eigenvalue weighted by Crippen LogP contribution is 2.74. The molecule has 0 bridgehead atoms. The van der Waals surface area contributed by atoms with Gasteiger partial charge in [-0.15, -0.1) is 0 Å². The van der Waals surface area contributed by atoms with Gasteiger partial charge in [0.2, 0.25) is 0 Å². The van der Waals surface area contributed by atoms with E-state index < -0.39 is 0 Å². The van der Waals surface area contributed by atoms with Crippen LogP contribution in [0.2, 0.25) is 0 Å². The highest BCUT2D eigenvalue weighted by molar-refractivity contribution is 5.91. The summed E-state index contributed by atoms with van der Waals surface area (Å²) in [6.45, 7) is 9.28. The fraction of sp³-hybridized carbons (Fsp3) is 0.846. The highest BCUT2D eigenvalue weighted by Gasteiger charge is 2.69. The molecule has 0 heterocycles. The number of rotatable bonds is 1. The van der Waals surface area contributed by atoms with Crippen LogP contribution in [-0.4, -0.2) is 11.6 Å². The molecule has 2 heteroatoms. The van der Waals surface area contributed by atoms with E-state index >= 15 is 0 Å². The molecule has 5 rings (SSSR count). The third-order valence-corrected chi connectivity index (χ3v) is 10.9. The molecule has 5 aliphatic carbocycles. The highest BCUT2D eigenvalue weighted by atomic mass is 16.1. The van der Waals surface area contributed by atoms with Gasteiger partial charge < -0.3 is 0 Å². The van der Waals surface area contributed by atoms with Crippen LogP contribution in [-0.2, 0) is 9.59 Å². The number of Topliss-reactive ketones (excluding diaryl/α,β-unsaturated/α-hetero) is 1. The minimum atomic E-state index is -0.0380. The molecule has 0 radical (unpaired) electrons. The van der Waals surface area contributed by atoms with E-state index in [1.807, 2.05) is 13.0 Å². The number of allylic oxidation sites excluding steroid dienone is 1. The second-order valence-electron chi connectivity index (χ2n) is 11.7. The van der Waals surface area contributed by atoms with Gasteiger partial charge in [-0.05, 0) is 98.4 Å². The van der Waals surface area contributed by atoms with Crippen molar-refractivity contribution in [1.29, 1.82) is 0 Å². The molecule has 0 aromatic rings. The molecule has 28 heavy (non-hydrogen) atoms. The van der Waals surface area contributed by atoms with Crippen LogP contribution in [0.3, 0.4) is 0 Å². The minimum absolute atomic E-state index is 0.0380. The molecule has 0 spiro atoms. The van der Waals surface area contributed by atoms with E-state index in [1.165, 1.54) is 50.5 Å². The van der Waals surface area contributed by atoms with Crippen molar-refractivity contribution in [3.63, 3.8) is 0 Å². The molecule has 0 amide bonds. The molecule has 4 fully saturated rings. The van der Waals surface area contributed by atoms with Crippen molar-refractivity contribution in [2.45, 2.75) is 91.9 Å². The first-order chi connectivity index (χ1) is 13.2. The first-order valence-electron chi connectivity index (χ1n) is 12.0. The maximum atomic E-state index is 13.2. The lowest BCUT2D eigenvalue weighted by molar-refractivity contribution is -0.149. The molecule has 4 saturated carbocycles. The van der Waals surface area contributed by atoms with Gasteiger partial charge >= 0.3 is 0 Å². The van der Waals surface area contributed by atoms with Gasteiger partial charge in [0.1, 0.15) is 5.78 Å². The summed E-state index contributed by atoms with van der Waals surface area (Å²) in [5.41, 5.74) is 1.84. The Morgan fingerprint density at radius 2 is 1.82 bits per heavy atom. The van der Waals surface area contributed by atoms with Gasteiger partial charge in [0, 0.05) is 11.8 Å². The van der Waals surface area contributed by atoms with Gasteiger partial charge in [-0.2, -0.15) is 0 Å². The zero-order chi connectivity index (χ0) is 19.9. The van der Waals surface area contributed by atoms with Crippen LogP contribution in [0.4, 0.5) is 0 Å². The van der Waals surface area contributed by atoms with Crippen LogP contribution in [0.15, 0.2) is 11.6 Å². The molecular formula is C26H38O2. The third-order valence-electron chi connectivity index (χ3n) is 10.9. The Morgan fingerprint density at radius 3 is 2.57 bits per heavy atom. The normalized spacial score (nSPS) is 52.8. The van der Waals surface area contributed by atoms with Crippen molar-refractivity contribution < 1.29 is 9.59 Å². The van der Waals surface area contributed by atoms with E-state index in [0.717, 1.165) is 25.2 Å². The van der Waals surface area contributed by atoms with E-state index in [1.54, 1.807) is 0 Å². The smallest absolute Gasteiger partial charge is 0.155 e. The molecule has 0 saturated heterocycles. The molecule has 0 N–H and O–H groups in total. The SMILES string of the molecule is CC(=O)[C@@]12CCCC[C@@H]1C[C@H]1[C@@H]3C[C@H](C)C4=CC(=O)CC[C@]4(C)[C@H]3CC[C@@]12C. The van der Waals surface area contributed by atoms with E-state index in [9.17, 15) is 9.59 Å². The van der Waals surface area contributed by atoms with Crippen LogP contribution in [0.25, 0.3) is 0 Å². The Balaban J connectivity index is 1.57. The Labute approximate surface area is 170 Å². The summed E-state index contributed by atoms with van der Waals surface area (Å²) < 4.78 is 0. The fourth-order valence-corrected chi connectivity index (χ4v) is 9.78. The molecule has 154 valence electrons. The Morgan fingerprint density at radius 1 is 1.04 bits per heavy atom. The van der Waals surface area contributed by atoms with Crippen LogP contribution < -0.4 is 0 Å². The topological polar surface area (TPSA) is 34.1 Å². The zero-order valence-corrected chi connectivity index (χ0v) is 18.4. The quantitative estimate of drug-likeness (QED) is 0.546. The van der Waals surface area contributed by atoms with Crippen molar-refractivity contribution in [2.24, 2.45) is 45.8 Å². The molecule has 0 aliphatic heterocycles. The fourth-order valence-electron chi connectivity index (χ4n) is 9.78. The first kappa shape index (κ1) is 19.1. The predicted molar refractivity (Wildman–Crippen MR) is 112 cm³/mol. The van der Waals surface area contributed by atoms with E-state index in [0.29, 0.717) is 35.2 Å². The van der Waals surface area contributed by atoms with Crippen LogP contribution in [0.1, 0.15) is 91.9 Å². The molecule has 2 nitrogen and oxygen atoms in total. The summed E-state index contributed by atoms with van der Waals surface area (Å²) in [5, 5.41) is 0. The van der Waals surface area contributed by atoms with Crippen LogP contribution in [0.5, 0.6) is 0 Å². The Hall–Kier alpha value is -0.920. The largest absolute Gasteiger partial charge is 0.299 e. The van der Waals surface area contributed by atoms with Gasteiger partial charge in [0.05, 0.1) is 0 Å². The van der Waals surface area contributed by atoms with Crippen molar-refractivity contribution >= 4 is 11.6 Å².